The van der Waals surface area contributed by atoms with Gasteiger partial charge in [-0.05, 0) is 13.5 Å². The second-order valence-corrected chi connectivity index (χ2v) is 5.00. The number of amides is 1. The van der Waals surface area contributed by atoms with E-state index >= 15 is 0 Å². The number of carbonyl (C=O) groups excluding carboxylic acids is 1. The van der Waals surface area contributed by atoms with Crippen LogP contribution in [0.25, 0.3) is 0 Å². The fourth-order valence-electron chi connectivity index (χ4n) is 2.11. The van der Waals surface area contributed by atoms with Gasteiger partial charge in [-0.1, -0.05) is 11.6 Å². The molecule has 1 aliphatic rings. The number of nitrogens with zero attached hydrogens (tertiary/aromatic N) is 3. The van der Waals surface area contributed by atoms with Crippen LogP contribution in [0.4, 0.5) is 10.2 Å². The molecule has 8 heteroatoms. The smallest absolute Gasteiger partial charge is 0.230 e. The Kier molecular flexibility index (Phi) is 4.06. The molecule has 0 bridgehead atoms. The molecule has 0 aliphatic carbocycles. The summed E-state index contributed by atoms with van der Waals surface area (Å²) in [6.07, 6.45) is 1.21. The van der Waals surface area contributed by atoms with Crippen LogP contribution in [0.3, 0.4) is 0 Å². The minimum absolute atomic E-state index is 0.190. The highest BCUT2D eigenvalue weighted by molar-refractivity contribution is 6.32. The Labute approximate surface area is 119 Å². The van der Waals surface area contributed by atoms with Crippen molar-refractivity contribution in [2.24, 2.45) is 5.92 Å². The molecule has 0 aromatic carbocycles. The van der Waals surface area contributed by atoms with E-state index in [1.807, 2.05) is 0 Å². The van der Waals surface area contributed by atoms with Gasteiger partial charge in [-0.3, -0.25) is 9.69 Å². The predicted octanol–water partition coefficient (Wildman–Crippen LogP) is 1.36. The summed E-state index contributed by atoms with van der Waals surface area (Å²) in [7, 11) is 1.76. The molecule has 2 rings (SSSR count). The van der Waals surface area contributed by atoms with E-state index in [1.165, 1.54) is 0 Å². The first kappa shape index (κ1) is 14.5. The third kappa shape index (κ3) is 2.66. The van der Waals surface area contributed by atoms with Gasteiger partial charge in [-0.25, -0.2) is 9.37 Å². The summed E-state index contributed by atoms with van der Waals surface area (Å²) >= 11 is 5.53. The Morgan fingerprint density at radius 2 is 2.45 bits per heavy atom. The molecule has 2 heterocycles. The molecule has 2 unspecified atom stereocenters. The Morgan fingerprint density at radius 3 is 3.05 bits per heavy atom. The summed E-state index contributed by atoms with van der Waals surface area (Å²) in [6.45, 7) is 0.430. The van der Waals surface area contributed by atoms with Crippen LogP contribution in [0.2, 0.25) is 5.02 Å². The summed E-state index contributed by atoms with van der Waals surface area (Å²) in [4.78, 5) is 17.4. The van der Waals surface area contributed by atoms with Gasteiger partial charge in [0.2, 0.25) is 5.91 Å². The van der Waals surface area contributed by atoms with E-state index < -0.39 is 22.5 Å². The van der Waals surface area contributed by atoms with Gasteiger partial charge >= 0.3 is 0 Å². The first-order valence-corrected chi connectivity index (χ1v) is 6.25. The topological polar surface area (TPSA) is 89.2 Å². The quantitative estimate of drug-likeness (QED) is 0.860. The summed E-state index contributed by atoms with van der Waals surface area (Å²) in [6, 6.07) is 1.78. The zero-order valence-electron chi connectivity index (χ0n) is 10.6. The molecular weight excluding hydrogens is 287 g/mol. The maximum Gasteiger partial charge on any atom is 0.230 e. The fourth-order valence-corrected chi connectivity index (χ4v) is 2.24. The van der Waals surface area contributed by atoms with Crippen molar-refractivity contribution < 1.29 is 14.3 Å². The number of nitriles is 1. The van der Waals surface area contributed by atoms with Crippen LogP contribution < -0.4 is 5.32 Å². The number of anilines is 1. The molecule has 0 spiro atoms. The van der Waals surface area contributed by atoms with Gasteiger partial charge in [0, 0.05) is 6.54 Å². The van der Waals surface area contributed by atoms with Gasteiger partial charge in [0.25, 0.3) is 0 Å². The molecule has 6 nitrogen and oxygen atoms in total. The van der Waals surface area contributed by atoms with Crippen molar-refractivity contribution in [3.8, 4) is 11.8 Å². The van der Waals surface area contributed by atoms with Crippen LogP contribution in [0, 0.1) is 23.1 Å². The molecule has 0 saturated carbocycles. The highest BCUT2D eigenvalue weighted by atomic mass is 35.5. The third-order valence-electron chi connectivity index (χ3n) is 3.26. The van der Waals surface area contributed by atoms with Crippen LogP contribution in [-0.2, 0) is 4.79 Å². The van der Waals surface area contributed by atoms with Crippen molar-refractivity contribution in [3.63, 3.8) is 0 Å². The number of rotatable bonds is 2. The Bertz CT molecular complexity index is 590. The summed E-state index contributed by atoms with van der Waals surface area (Å²) in [5, 5.41) is 20.4. The van der Waals surface area contributed by atoms with Crippen LogP contribution in [0.1, 0.15) is 6.42 Å². The molecule has 1 aromatic rings. The maximum absolute atomic E-state index is 13.0. The second-order valence-electron chi connectivity index (χ2n) is 4.62. The van der Waals surface area contributed by atoms with Crippen molar-refractivity contribution in [3.05, 3.63) is 17.0 Å². The molecule has 0 radical (unpaired) electrons. The number of hydrogen-bond acceptors (Lipinski definition) is 5. The summed E-state index contributed by atoms with van der Waals surface area (Å²) < 4.78 is 13.0. The first-order valence-electron chi connectivity index (χ1n) is 5.87. The van der Waals surface area contributed by atoms with Crippen LogP contribution in [0.15, 0.2) is 6.20 Å². The predicted molar refractivity (Wildman–Crippen MR) is 69.6 cm³/mol. The monoisotopic (exact) mass is 298 g/mol. The van der Waals surface area contributed by atoms with E-state index in [1.54, 1.807) is 11.9 Å². The maximum atomic E-state index is 13.0. The van der Waals surface area contributed by atoms with E-state index in [4.69, 9.17) is 16.9 Å². The average molecular weight is 299 g/mol. The largest absolute Gasteiger partial charge is 0.503 e. The number of halogens is 2. The van der Waals surface area contributed by atoms with E-state index in [0.717, 1.165) is 6.20 Å². The van der Waals surface area contributed by atoms with Gasteiger partial charge in [-0.15, -0.1) is 0 Å². The van der Waals surface area contributed by atoms with Crippen LogP contribution >= 0.6 is 11.6 Å². The molecule has 1 fully saturated rings. The lowest BCUT2D eigenvalue weighted by Gasteiger charge is -2.12. The van der Waals surface area contributed by atoms with Gasteiger partial charge < -0.3 is 10.4 Å². The van der Waals surface area contributed by atoms with Crippen LogP contribution in [0.5, 0.6) is 5.75 Å². The van der Waals surface area contributed by atoms with Crippen molar-refractivity contribution in [1.82, 2.24) is 9.88 Å². The first-order chi connectivity index (χ1) is 9.43. The van der Waals surface area contributed by atoms with Crippen LogP contribution in [-0.4, -0.2) is 40.5 Å². The van der Waals surface area contributed by atoms with E-state index in [0.29, 0.717) is 13.0 Å². The molecule has 2 atom stereocenters. The minimum atomic E-state index is -0.868. The molecule has 20 heavy (non-hydrogen) atoms. The van der Waals surface area contributed by atoms with E-state index in [-0.39, 0.29) is 17.8 Å². The number of aromatic hydroxyl groups is 1. The molecule has 1 aromatic heterocycles. The number of nitrogens with one attached hydrogen (secondary N) is 1. The lowest BCUT2D eigenvalue weighted by molar-refractivity contribution is -0.119. The summed E-state index contributed by atoms with van der Waals surface area (Å²) in [5.41, 5.74) is 0. The van der Waals surface area contributed by atoms with Crippen molar-refractivity contribution >= 4 is 23.3 Å². The number of aromatic nitrogens is 1. The van der Waals surface area contributed by atoms with Gasteiger partial charge in [-0.2, -0.15) is 5.26 Å². The number of likely N-dealkylation sites (tertiary alicyclic amines) is 1. The Morgan fingerprint density at radius 1 is 1.75 bits per heavy atom. The highest BCUT2D eigenvalue weighted by Crippen LogP contribution is 2.32. The number of hydrogen-bond donors (Lipinski definition) is 2. The third-order valence-corrected chi connectivity index (χ3v) is 3.62. The van der Waals surface area contributed by atoms with Crippen molar-refractivity contribution in [1.29, 1.82) is 5.26 Å². The Balaban J connectivity index is 2.10. The van der Waals surface area contributed by atoms with Gasteiger partial charge in [0.05, 0.1) is 24.2 Å². The van der Waals surface area contributed by atoms with E-state index in [2.05, 4.69) is 16.4 Å². The Hall–Kier alpha value is -1.91. The molecular formula is C12H12ClFN4O2. The number of carbonyl (C=O) groups is 1. The SMILES string of the molecule is CN1CC(C(=O)Nc2ncc(F)c(Cl)c2O)CC1C#N. The fraction of sp³-hybridized carbons (Fsp3) is 0.417. The summed E-state index contributed by atoms with van der Waals surface area (Å²) in [5.74, 6) is -2.45. The van der Waals surface area contributed by atoms with Gasteiger partial charge in [0.1, 0.15) is 5.02 Å². The minimum Gasteiger partial charge on any atom is -0.503 e. The normalized spacial score (nSPS) is 22.5. The standard InChI is InChI=1S/C12H12ClFN4O2/c1-18-5-6(2-7(18)3-15)12(20)17-11-10(19)9(13)8(14)4-16-11/h4,6-7,19H,2,5H2,1H3,(H,16,17,20). The average Bonchev–Trinajstić information content (AvgIpc) is 2.80. The molecule has 106 valence electrons. The van der Waals surface area contributed by atoms with Crippen molar-refractivity contribution in [2.75, 3.05) is 18.9 Å². The highest BCUT2D eigenvalue weighted by Gasteiger charge is 2.34. The number of pyridine rings is 1. The molecule has 1 saturated heterocycles. The van der Waals surface area contributed by atoms with Crippen molar-refractivity contribution in [2.45, 2.75) is 12.5 Å². The molecule has 1 aliphatic heterocycles. The lowest BCUT2D eigenvalue weighted by atomic mass is 10.1. The molecule has 1 amide bonds. The second kappa shape index (κ2) is 5.61. The zero-order valence-corrected chi connectivity index (χ0v) is 11.4. The lowest BCUT2D eigenvalue weighted by Crippen LogP contribution is -2.26. The molecule has 2 N–H and O–H groups in total. The van der Waals surface area contributed by atoms with Gasteiger partial charge in [0.15, 0.2) is 17.4 Å². The zero-order chi connectivity index (χ0) is 14.9. The van der Waals surface area contributed by atoms with E-state index in [9.17, 15) is 14.3 Å².